The van der Waals surface area contributed by atoms with Crippen LogP contribution in [-0.2, 0) is 136 Å². The van der Waals surface area contributed by atoms with Crippen molar-refractivity contribution in [1.29, 1.82) is 0 Å². The summed E-state index contributed by atoms with van der Waals surface area (Å²) in [5, 5.41) is 68.2. The van der Waals surface area contributed by atoms with Crippen molar-refractivity contribution in [2.45, 2.75) is 93.9 Å². The van der Waals surface area contributed by atoms with Crippen LogP contribution < -0.4 is 63.7 Å². The molecule has 0 aliphatic carbocycles. The van der Waals surface area contributed by atoms with Crippen LogP contribution in [0.15, 0.2) is 243 Å². The quantitative estimate of drug-likeness (QED) is 0.0535. The van der Waals surface area contributed by atoms with Gasteiger partial charge in [0.1, 0.15) is 69.4 Å². The normalized spacial score (nSPS) is 10.5. The van der Waals surface area contributed by atoms with E-state index >= 15 is 0 Å². The van der Waals surface area contributed by atoms with E-state index in [1.807, 2.05) is 133 Å². The first kappa shape index (κ1) is 120. The van der Waals surface area contributed by atoms with Gasteiger partial charge in [-0.1, -0.05) is 268 Å². The number of aryl methyl sites for hydroxylation is 6. The molecule has 12 aromatic rings. The number of phenols is 6. The molecule has 6 N–H and O–H groups in total. The number of aromatic hydroxyl groups is 6. The molecule has 0 aromatic heterocycles. The van der Waals surface area contributed by atoms with Gasteiger partial charge in [0.2, 0.25) is 0 Å². The Kier molecular flexibility index (Phi) is 67.5. The zero-order valence-corrected chi connectivity index (χ0v) is 97.4. The molecule has 36 heteroatoms. The Bertz CT molecular complexity index is 4920. The molecule has 0 saturated heterocycles. The third-order valence-corrected chi connectivity index (χ3v) is 23.9. The zero-order valence-electron chi connectivity index (χ0n) is 67.6. The number of rotatable bonds is 12. The van der Waals surface area contributed by atoms with E-state index in [2.05, 4.69) is 41.5 Å². The maximum absolute atomic E-state index is 13.8. The Labute approximate surface area is 837 Å². The van der Waals surface area contributed by atoms with Crippen LogP contribution in [0.4, 0.5) is 26.3 Å². The van der Waals surface area contributed by atoms with Gasteiger partial charge in [-0.2, -0.15) is 0 Å². The summed E-state index contributed by atoms with van der Waals surface area (Å²) in [6, 6.07) is 69.8. The molecule has 0 spiro atoms. The molecule has 0 amide bonds. The fourth-order valence-corrected chi connectivity index (χ4v) is 17.3. The van der Waals surface area contributed by atoms with Crippen LogP contribution in [0.25, 0.3) is 0 Å². The predicted molar refractivity (Wildman–Crippen MR) is 509 cm³/mol. The predicted octanol–water partition coefficient (Wildman–Crippen LogP) is 25.7. The van der Waals surface area contributed by atoms with Crippen LogP contribution in [0, 0.1) is 76.4 Å². The van der Waals surface area contributed by atoms with E-state index in [1.165, 1.54) is 36.4 Å². The summed E-state index contributed by atoms with van der Waals surface area (Å²) < 4.78 is 81.3. The molecule has 122 heavy (non-hydrogen) atoms. The van der Waals surface area contributed by atoms with E-state index in [-0.39, 0.29) is 126 Å². The van der Waals surface area contributed by atoms with Crippen molar-refractivity contribution in [3.63, 3.8) is 0 Å². The average molecular weight is 2490 g/mol. The summed E-state index contributed by atoms with van der Waals surface area (Å²) in [6.45, 7) is 24.1. The Balaban J connectivity index is 0.000000704. The third-order valence-electron chi connectivity index (χ3n) is 15.8. The molecule has 0 aliphatic rings. The first-order chi connectivity index (χ1) is 57.8. The molecule has 0 heterocycles. The fourth-order valence-electron chi connectivity index (χ4n) is 10.1. The molecule has 0 aliphatic heterocycles. The van der Waals surface area contributed by atoms with Crippen molar-refractivity contribution in [3.05, 3.63) is 322 Å². The topological polar surface area (TPSA) is 121 Å². The summed E-state index contributed by atoms with van der Waals surface area (Å²) in [7, 11) is 60.0. The Hall–Kier alpha value is 0.379. The number of hydrogen-bond acceptors (Lipinski definition) is 6. The molecular formula is C86H88Cl12F6O6P6Zr6. The van der Waals surface area contributed by atoms with Crippen LogP contribution >= 0.6 is 154 Å². The second kappa shape index (κ2) is 68.4. The fraction of sp³-hybridized carbons (Fsp3) is 0.163. The number of benzene rings is 12. The molecule has 0 fully saturated rings. The van der Waals surface area contributed by atoms with Gasteiger partial charge in [0, 0.05) is 69.2 Å². The van der Waals surface area contributed by atoms with E-state index in [0.717, 1.165) is 76.3 Å². The first-order valence-electron chi connectivity index (χ1n) is 35.5. The van der Waals surface area contributed by atoms with Crippen molar-refractivity contribution in [2.75, 3.05) is 0 Å². The van der Waals surface area contributed by atoms with Gasteiger partial charge in [-0.15, -0.1) is 0 Å². The molecule has 648 valence electrons. The third kappa shape index (κ3) is 48.3. The van der Waals surface area contributed by atoms with Gasteiger partial charge in [0.25, 0.3) is 0 Å². The number of phenolic OH excluding ortho intramolecular Hbond substituents is 6. The van der Waals surface area contributed by atoms with Crippen molar-refractivity contribution in [2.24, 2.45) is 0 Å². The van der Waals surface area contributed by atoms with Gasteiger partial charge in [-0.25, -0.2) is 26.3 Å². The van der Waals surface area contributed by atoms with E-state index in [0.29, 0.717) is 37.6 Å². The molecule has 6 atom stereocenters. The van der Waals surface area contributed by atoms with E-state index in [9.17, 15) is 57.0 Å². The first-order valence-corrected chi connectivity index (χ1v) is 79.5. The SMILES string of the molecule is Cc1cc(C(C)(C)C)cc(Pc2ccccc2F)c1O.Cc1cc(C)c(O)c(Pc2ccccc2F)c1.Cc1cc(Pc2ccccc2F)c(O)c(C(C)(C)C)c1.Cc1ccc(O)c(Pc2ccccc2F)c1.Cc1cccc(Pc2ccccc2F)c1O.Oc1ccccc1Pc1ccccc1F.[Cl][Zr][Cl].[Cl][Zr][Cl].[Cl][Zr][Cl].[Cl][Zr][Cl].[Cl][Zr][Cl].[Cl][Zr][Cl]. The van der Waals surface area contributed by atoms with Crippen molar-refractivity contribution in [3.8, 4) is 34.5 Å². The molecule has 6 nitrogen and oxygen atoms in total. The molecular weight excluding hydrogens is 2400 g/mol. The average Bonchev–Trinajstić information content (AvgIpc) is 0.800. The van der Waals surface area contributed by atoms with Gasteiger partial charge in [0.15, 0.2) is 0 Å². The molecule has 0 radical (unpaired) electrons. The minimum absolute atomic E-state index is 0.00687. The van der Waals surface area contributed by atoms with E-state index in [1.54, 1.807) is 115 Å². The summed E-state index contributed by atoms with van der Waals surface area (Å²) in [5.41, 5.74) is 7.68. The molecule has 0 bridgehead atoms. The Morgan fingerprint density at radius 2 is 0.484 bits per heavy atom. The summed E-state index contributed by atoms with van der Waals surface area (Å²) >= 11 is -4.95. The number of para-hydroxylation sites is 2. The van der Waals surface area contributed by atoms with Crippen LogP contribution in [0.5, 0.6) is 34.5 Å². The number of hydrogen-bond donors (Lipinski definition) is 6. The second-order valence-corrected chi connectivity index (χ2v) is 57.3. The maximum atomic E-state index is 13.8. The van der Waals surface area contributed by atoms with Gasteiger partial charge >= 0.3 is 227 Å². The van der Waals surface area contributed by atoms with Crippen molar-refractivity contribution >= 4 is 217 Å². The van der Waals surface area contributed by atoms with Gasteiger partial charge in [0.05, 0.1) is 0 Å². The van der Waals surface area contributed by atoms with E-state index < -0.39 is 125 Å². The molecule has 6 unspecified atom stereocenters. The van der Waals surface area contributed by atoms with Crippen molar-refractivity contribution in [1.82, 2.24) is 0 Å². The van der Waals surface area contributed by atoms with Gasteiger partial charge < -0.3 is 30.6 Å². The zero-order chi connectivity index (χ0) is 92.2. The molecule has 12 rings (SSSR count). The Morgan fingerprint density at radius 1 is 0.230 bits per heavy atom. The van der Waals surface area contributed by atoms with Crippen LogP contribution in [-0.4, -0.2) is 30.6 Å². The summed E-state index contributed by atoms with van der Waals surface area (Å²) in [4.78, 5) is 0. The van der Waals surface area contributed by atoms with Crippen LogP contribution in [0.1, 0.15) is 86.1 Å². The second-order valence-electron chi connectivity index (χ2n) is 26.9. The minimum atomic E-state index is -0.826. The standard InChI is InChI=1S/2C17H20FOP.C14H14FOP.2C13H12FOP.C12H10FOP.12ClH.6Zr/c1-11-9-12(17(2,3)4)10-15(16(11)19)20-14-8-6-5-7-13(14)18;1-11-9-12(17(2,3)4)16(19)15(10-11)20-14-8-6-5-7-13(14)18;1-9-7-10(2)14(16)13(8-9)17-12-6-4-3-5-11(12)15;1-9-5-4-8-12(13(9)15)16-11-7-3-2-6-10(11)14;1-9-6-7-11(15)13(8-9)16-12-5-3-2-4-10(12)14;13-9-5-1-3-7-11(9)15-12-8-4-2-6-10(12)14;;;;;;;;;;;;;;;;;;/h2*5-10,19-20H,1-4H3;3-8,16-17H,1-2H3;2*2-8,15-16H,1H3;1-8,14-15H;12*1H;;;;;;/q;;;;;;;;;;;;;;;;;;6*+2/p-12. The molecule has 0 saturated carbocycles. The van der Waals surface area contributed by atoms with Gasteiger partial charge in [-0.3, -0.25) is 0 Å². The molecule has 12 aromatic carbocycles. The van der Waals surface area contributed by atoms with Gasteiger partial charge in [-0.05, 0) is 159 Å². The summed E-state index contributed by atoms with van der Waals surface area (Å²) in [5.74, 6) is 0.247. The van der Waals surface area contributed by atoms with E-state index in [4.69, 9.17) is 102 Å². The van der Waals surface area contributed by atoms with Crippen LogP contribution in [0.3, 0.4) is 0 Å². The van der Waals surface area contributed by atoms with Crippen molar-refractivity contribution < 1.29 is 182 Å². The Morgan fingerprint density at radius 3 is 0.820 bits per heavy atom. The summed E-state index contributed by atoms with van der Waals surface area (Å²) in [6.07, 6.45) is 0. The number of halogens is 18. The monoisotopic (exact) mass is 2480 g/mol. The van der Waals surface area contributed by atoms with Crippen LogP contribution in [0.2, 0.25) is 0 Å².